The molecule has 0 nitrogen and oxygen atoms in total. The van der Waals surface area contributed by atoms with E-state index in [2.05, 4.69) is 69.3 Å². The summed E-state index contributed by atoms with van der Waals surface area (Å²) >= 11 is 0. The van der Waals surface area contributed by atoms with Gasteiger partial charge < -0.3 is 0 Å². The average molecular weight is 447 g/mol. The topological polar surface area (TPSA) is 0 Å². The molecule has 1 atom stereocenters. The largest absolute Gasteiger partial charge is 0.0654 e. The van der Waals surface area contributed by atoms with Crippen LogP contribution in [0.15, 0.2) is 48.5 Å². The highest BCUT2D eigenvalue weighted by atomic mass is 14.3. The standard InChI is InChI=1S/C33H50/c1-4-6-7-8-9-10-11-13-28-14-18-30(19-15-28)32-22-24-33(25-23-32)31-20-16-29(17-21-31)26-27(3)12-5-2/h16-17,20-25,27-28,30H,4-15,18-19,26H2,1-3H3. The molecule has 0 amide bonds. The predicted octanol–water partition coefficient (Wildman–Crippen LogP) is 10.7. The monoisotopic (exact) mass is 446 g/mol. The van der Waals surface area contributed by atoms with Crippen molar-refractivity contribution in [3.05, 3.63) is 59.7 Å². The Balaban J connectivity index is 1.40. The van der Waals surface area contributed by atoms with Crippen LogP contribution in [0, 0.1) is 11.8 Å². The second-order valence-electron chi connectivity index (χ2n) is 11.0. The highest BCUT2D eigenvalue weighted by molar-refractivity contribution is 5.64. The van der Waals surface area contributed by atoms with Gasteiger partial charge in [0.05, 0.1) is 0 Å². The zero-order valence-electron chi connectivity index (χ0n) is 22.0. The molecule has 3 rings (SSSR count). The summed E-state index contributed by atoms with van der Waals surface area (Å²) in [5.41, 5.74) is 5.76. The van der Waals surface area contributed by atoms with Crippen LogP contribution in [0.5, 0.6) is 0 Å². The zero-order valence-corrected chi connectivity index (χ0v) is 22.0. The van der Waals surface area contributed by atoms with Gasteiger partial charge in [0, 0.05) is 0 Å². The van der Waals surface area contributed by atoms with Gasteiger partial charge in [-0.3, -0.25) is 0 Å². The van der Waals surface area contributed by atoms with Crippen LogP contribution in [0.1, 0.15) is 128 Å². The van der Waals surface area contributed by atoms with Crippen molar-refractivity contribution < 1.29 is 0 Å². The molecular formula is C33H50. The van der Waals surface area contributed by atoms with Gasteiger partial charge in [0.25, 0.3) is 0 Å². The molecule has 0 radical (unpaired) electrons. The lowest BCUT2D eigenvalue weighted by Gasteiger charge is -2.29. The molecule has 1 unspecified atom stereocenters. The molecule has 1 fully saturated rings. The van der Waals surface area contributed by atoms with E-state index >= 15 is 0 Å². The Labute approximate surface area is 205 Å². The maximum absolute atomic E-state index is 2.41. The number of hydrogen-bond donors (Lipinski definition) is 0. The molecule has 33 heavy (non-hydrogen) atoms. The second-order valence-corrected chi connectivity index (χ2v) is 11.0. The Kier molecular flexibility index (Phi) is 11.6. The van der Waals surface area contributed by atoms with Gasteiger partial charge in [0.15, 0.2) is 0 Å². The molecule has 0 spiro atoms. The fourth-order valence-electron chi connectivity index (χ4n) is 5.95. The molecule has 0 bridgehead atoms. The van der Waals surface area contributed by atoms with Crippen LogP contribution in [-0.4, -0.2) is 0 Å². The van der Waals surface area contributed by atoms with E-state index in [1.54, 1.807) is 5.56 Å². The molecule has 0 heterocycles. The van der Waals surface area contributed by atoms with Crippen molar-refractivity contribution in [3.63, 3.8) is 0 Å². The number of hydrogen-bond acceptors (Lipinski definition) is 0. The summed E-state index contributed by atoms with van der Waals surface area (Å²) in [7, 11) is 0. The molecule has 2 aromatic rings. The van der Waals surface area contributed by atoms with Crippen molar-refractivity contribution in [3.8, 4) is 11.1 Å². The number of unbranched alkanes of at least 4 members (excludes halogenated alkanes) is 6. The summed E-state index contributed by atoms with van der Waals surface area (Å²) in [5.74, 6) is 2.56. The predicted molar refractivity (Wildman–Crippen MR) is 147 cm³/mol. The summed E-state index contributed by atoms with van der Waals surface area (Å²) in [6.45, 7) is 6.96. The summed E-state index contributed by atoms with van der Waals surface area (Å²) < 4.78 is 0. The van der Waals surface area contributed by atoms with E-state index in [0.717, 1.165) is 17.8 Å². The lowest BCUT2D eigenvalue weighted by Crippen LogP contribution is -2.13. The molecular weight excluding hydrogens is 396 g/mol. The molecule has 1 aliphatic carbocycles. The zero-order chi connectivity index (χ0) is 23.3. The van der Waals surface area contributed by atoms with Gasteiger partial charge in [-0.05, 0) is 72.1 Å². The molecule has 0 aliphatic heterocycles. The summed E-state index contributed by atoms with van der Waals surface area (Å²) in [6, 6.07) is 18.8. The Morgan fingerprint density at radius 2 is 1.24 bits per heavy atom. The lowest BCUT2D eigenvalue weighted by molar-refractivity contribution is 0.302. The Morgan fingerprint density at radius 3 is 1.85 bits per heavy atom. The lowest BCUT2D eigenvalue weighted by atomic mass is 9.77. The van der Waals surface area contributed by atoms with Crippen LogP contribution in [0.4, 0.5) is 0 Å². The third-order valence-electron chi connectivity index (χ3n) is 8.10. The summed E-state index contributed by atoms with van der Waals surface area (Å²) in [5, 5.41) is 0. The maximum atomic E-state index is 2.41. The molecule has 182 valence electrons. The van der Waals surface area contributed by atoms with Crippen LogP contribution >= 0.6 is 0 Å². The first-order valence-electron chi connectivity index (χ1n) is 14.4. The quantitative estimate of drug-likeness (QED) is 0.253. The fourth-order valence-corrected chi connectivity index (χ4v) is 5.95. The molecule has 2 aromatic carbocycles. The third kappa shape index (κ3) is 8.95. The van der Waals surface area contributed by atoms with Crippen LogP contribution in [0.3, 0.4) is 0 Å². The summed E-state index contributed by atoms with van der Waals surface area (Å²) in [4.78, 5) is 0. The van der Waals surface area contributed by atoms with E-state index in [4.69, 9.17) is 0 Å². The van der Waals surface area contributed by atoms with E-state index < -0.39 is 0 Å². The van der Waals surface area contributed by atoms with Gasteiger partial charge >= 0.3 is 0 Å². The van der Waals surface area contributed by atoms with E-state index in [1.807, 2.05) is 0 Å². The highest BCUT2D eigenvalue weighted by Crippen LogP contribution is 2.38. The van der Waals surface area contributed by atoms with Gasteiger partial charge in [0.1, 0.15) is 0 Å². The van der Waals surface area contributed by atoms with Crippen molar-refractivity contribution in [2.75, 3.05) is 0 Å². The SMILES string of the molecule is CCCCCCCCCC1CCC(c2ccc(-c3ccc(CC(C)CCC)cc3)cc2)CC1. The minimum absolute atomic E-state index is 0.783. The number of benzene rings is 2. The highest BCUT2D eigenvalue weighted by Gasteiger charge is 2.22. The molecule has 0 N–H and O–H groups in total. The number of rotatable bonds is 14. The Hall–Kier alpha value is -1.56. The van der Waals surface area contributed by atoms with Crippen LogP contribution < -0.4 is 0 Å². The minimum atomic E-state index is 0.783. The van der Waals surface area contributed by atoms with Crippen molar-refractivity contribution in [2.45, 2.75) is 123 Å². The first-order valence-corrected chi connectivity index (χ1v) is 14.4. The second kappa shape index (κ2) is 14.6. The smallest absolute Gasteiger partial charge is 0.0162 e. The van der Waals surface area contributed by atoms with E-state index in [-0.39, 0.29) is 0 Å². The van der Waals surface area contributed by atoms with Gasteiger partial charge in [0.2, 0.25) is 0 Å². The van der Waals surface area contributed by atoms with Crippen molar-refractivity contribution in [1.82, 2.24) is 0 Å². The molecule has 0 aromatic heterocycles. The first-order chi connectivity index (χ1) is 16.2. The maximum Gasteiger partial charge on any atom is -0.0162 e. The molecule has 0 saturated heterocycles. The van der Waals surface area contributed by atoms with Crippen molar-refractivity contribution in [1.29, 1.82) is 0 Å². The van der Waals surface area contributed by atoms with Crippen LogP contribution in [0.2, 0.25) is 0 Å². The third-order valence-corrected chi connectivity index (χ3v) is 8.10. The van der Waals surface area contributed by atoms with Crippen LogP contribution in [-0.2, 0) is 6.42 Å². The first kappa shape index (κ1) is 26.1. The Bertz CT molecular complexity index is 746. The average Bonchev–Trinajstić information content (AvgIpc) is 2.85. The summed E-state index contributed by atoms with van der Waals surface area (Å²) in [6.07, 6.45) is 21.0. The van der Waals surface area contributed by atoms with E-state index in [1.165, 1.54) is 113 Å². The molecule has 1 aliphatic rings. The molecule has 0 heteroatoms. The van der Waals surface area contributed by atoms with E-state index in [9.17, 15) is 0 Å². The van der Waals surface area contributed by atoms with Gasteiger partial charge in [-0.25, -0.2) is 0 Å². The van der Waals surface area contributed by atoms with Crippen molar-refractivity contribution >= 4 is 0 Å². The van der Waals surface area contributed by atoms with Gasteiger partial charge in [-0.1, -0.05) is 134 Å². The van der Waals surface area contributed by atoms with E-state index in [0.29, 0.717) is 0 Å². The molecule has 1 saturated carbocycles. The normalized spacial score (nSPS) is 19.5. The van der Waals surface area contributed by atoms with Crippen molar-refractivity contribution in [2.24, 2.45) is 11.8 Å². The Morgan fingerprint density at radius 1 is 0.667 bits per heavy atom. The van der Waals surface area contributed by atoms with Gasteiger partial charge in [-0.15, -0.1) is 0 Å². The minimum Gasteiger partial charge on any atom is -0.0654 e. The van der Waals surface area contributed by atoms with Crippen LogP contribution in [0.25, 0.3) is 11.1 Å². The fraction of sp³-hybridized carbons (Fsp3) is 0.636. The van der Waals surface area contributed by atoms with Gasteiger partial charge in [-0.2, -0.15) is 0 Å².